The molecular weight excluding hydrogens is 819 g/mol. The zero-order valence-corrected chi connectivity index (χ0v) is 25.6. The molecule has 0 unspecified atom stereocenters. The molecule has 0 saturated carbocycles. The normalized spacial score (nSPS) is 8.29. The molecule has 1 N–H and O–H groups in total. The molecule has 28 heavy (non-hydrogen) atoms. The van der Waals surface area contributed by atoms with E-state index in [4.69, 9.17) is 4.55 Å². The van der Waals surface area contributed by atoms with E-state index in [0.29, 0.717) is 15.0 Å². The monoisotopic (exact) mass is 842 g/mol. The predicted molar refractivity (Wildman–Crippen MR) is 122 cm³/mol. The van der Waals surface area contributed by atoms with E-state index in [1.807, 2.05) is 27.7 Å². The Morgan fingerprint density at radius 2 is 1.43 bits per heavy atom. The van der Waals surface area contributed by atoms with E-state index in [9.17, 15) is 18.5 Å². The second-order valence-corrected chi connectivity index (χ2v) is 16.9. The molecule has 0 heterocycles. The summed E-state index contributed by atoms with van der Waals surface area (Å²) in [5, 5.41) is 9.99. The molecule has 0 amide bonds. The Hall–Kier alpha value is 0.483. The third-order valence-corrected chi connectivity index (χ3v) is 3.22. The third kappa shape index (κ3) is 19.8. The summed E-state index contributed by atoms with van der Waals surface area (Å²) in [4.78, 5) is 9.47. The number of non-ortho nitro benzene ring substituents is 1. The van der Waals surface area contributed by atoms with Gasteiger partial charge < -0.3 is 0 Å². The van der Waals surface area contributed by atoms with Gasteiger partial charge in [-0.1, -0.05) is 46.8 Å². The standard InChI is InChI=1S/C7H7O3S.C6H4NO2.2C2H6.2HI.V.W/c1-6-4-2-3-5-7(6)11(8,9)10;8-7(9)6-4-2-1-3-5-6;2*1-2;;;;/h2,4-5H,1H3,(H,8,9,10);2-5H;2*1-2H3;2*1H;;/q2*-1;;;;;2*+2/p-2. The first kappa shape index (κ1) is 35.9. The molecule has 6 nitrogen and oxygen atoms in total. The van der Waals surface area contributed by atoms with Crippen molar-refractivity contribution in [2.24, 2.45) is 0 Å². The molecule has 0 saturated heterocycles. The Kier molecular flexibility index (Phi) is 30.5. The van der Waals surface area contributed by atoms with Gasteiger partial charge in [0.05, 0.1) is 0 Å². The first-order valence-electron chi connectivity index (χ1n) is 7.71. The van der Waals surface area contributed by atoms with E-state index in [-0.39, 0.29) is 31.6 Å². The van der Waals surface area contributed by atoms with Crippen LogP contribution < -0.4 is 0 Å². The molecule has 0 bridgehead atoms. The summed E-state index contributed by atoms with van der Waals surface area (Å²) in [7, 11) is -3.44. The van der Waals surface area contributed by atoms with Crippen LogP contribution in [0, 0.1) is 29.2 Å². The molecule has 11 heteroatoms. The first-order valence-corrected chi connectivity index (χ1v) is 18.2. The van der Waals surface area contributed by atoms with Gasteiger partial charge in [-0.2, -0.15) is 42.5 Å². The molecule has 0 aliphatic rings. The van der Waals surface area contributed by atoms with Gasteiger partial charge in [0.25, 0.3) is 0 Å². The van der Waals surface area contributed by atoms with Crippen LogP contribution in [-0.4, -0.2) is 17.9 Å². The van der Waals surface area contributed by atoms with Crippen molar-refractivity contribution in [3.63, 3.8) is 0 Å². The van der Waals surface area contributed by atoms with Crippen LogP contribution in [0.4, 0.5) is 5.69 Å². The zero-order chi connectivity index (χ0) is 21.9. The first-order chi connectivity index (χ1) is 12.7. The molecule has 157 valence electrons. The second-order valence-electron chi connectivity index (χ2n) is 3.75. The molecule has 2 aromatic rings. The van der Waals surface area contributed by atoms with Gasteiger partial charge in [-0.25, -0.2) is 8.42 Å². The summed E-state index contributed by atoms with van der Waals surface area (Å²) in [5.41, 5.74) is 0.625. The van der Waals surface area contributed by atoms with Gasteiger partial charge in [-0.3, -0.25) is 14.7 Å². The number of halogens is 2. The zero-order valence-electron chi connectivity index (χ0n) is 16.1. The van der Waals surface area contributed by atoms with Crippen molar-refractivity contribution >= 4 is 55.8 Å². The minimum atomic E-state index is -4.06. The van der Waals surface area contributed by atoms with Crippen LogP contribution in [0.3, 0.4) is 0 Å². The fourth-order valence-electron chi connectivity index (χ4n) is 1.27. The van der Waals surface area contributed by atoms with Crippen molar-refractivity contribution in [1.82, 2.24) is 0 Å². The van der Waals surface area contributed by atoms with Crippen LogP contribution in [0.15, 0.2) is 47.4 Å². The topological polar surface area (TPSA) is 97.5 Å². The Labute approximate surface area is 211 Å². The number of hydrogen-bond acceptors (Lipinski definition) is 4. The van der Waals surface area contributed by atoms with Crippen molar-refractivity contribution in [3.05, 3.63) is 70.3 Å². The number of aryl methyl sites for hydroxylation is 1. The number of benzene rings is 2. The van der Waals surface area contributed by atoms with Crippen molar-refractivity contribution in [3.8, 4) is 0 Å². The average Bonchev–Trinajstić information content (AvgIpc) is 2.66. The van der Waals surface area contributed by atoms with Crippen LogP contribution in [0.2, 0.25) is 0 Å². The van der Waals surface area contributed by atoms with Crippen LogP contribution in [0.1, 0.15) is 33.3 Å². The molecule has 0 radical (unpaired) electrons. The quantitative estimate of drug-likeness (QED) is 0.127. The van der Waals surface area contributed by atoms with E-state index in [1.54, 1.807) is 19.1 Å². The average molecular weight is 842 g/mol. The van der Waals surface area contributed by atoms with Gasteiger partial charge in [0.15, 0.2) is 5.69 Å². The molecule has 2 aromatic carbocycles. The van der Waals surface area contributed by atoms with E-state index in [0.717, 1.165) is 0 Å². The van der Waals surface area contributed by atoms with Crippen LogP contribution in [0.5, 0.6) is 0 Å². The molecule has 0 aliphatic heterocycles. The minimum absolute atomic E-state index is 0. The number of rotatable bonds is 2. The van der Waals surface area contributed by atoms with Crippen LogP contribution >= 0.6 is 40.0 Å². The smallest absolute Gasteiger partial charge is 2.00 e. The number of hydrogen-bond donors (Lipinski definition) is 1. The number of nitrogens with zero attached hydrogens (tertiary/aromatic N) is 1. The molecule has 0 atom stereocenters. The maximum Gasteiger partial charge on any atom is 2.00 e. The molecule has 0 fully saturated rings. The van der Waals surface area contributed by atoms with E-state index < -0.39 is 15.0 Å². The van der Waals surface area contributed by atoms with Crippen molar-refractivity contribution < 1.29 is 48.4 Å². The Bertz CT molecular complexity index is 722. The number of nitro groups is 1. The maximum atomic E-state index is 10.6. The number of nitro benzene ring substituents is 1. The summed E-state index contributed by atoms with van der Waals surface area (Å²) in [5.74, 6) is 0. The summed E-state index contributed by atoms with van der Waals surface area (Å²) in [6, 6.07) is 15.5. The van der Waals surface area contributed by atoms with Crippen LogP contribution in [-0.2, 0) is 40.6 Å². The summed E-state index contributed by atoms with van der Waals surface area (Å²) in [6.45, 7) is 9.61. The molecule has 0 spiro atoms. The van der Waals surface area contributed by atoms with E-state index in [1.165, 1.54) is 30.3 Å². The Morgan fingerprint density at radius 3 is 1.68 bits per heavy atom. The van der Waals surface area contributed by atoms with E-state index >= 15 is 0 Å². The van der Waals surface area contributed by atoms with Crippen molar-refractivity contribution in [2.75, 3.05) is 0 Å². The van der Waals surface area contributed by atoms with Gasteiger partial charge in [-0.15, -0.1) is 5.56 Å². The largest absolute Gasteiger partial charge is 2.00 e. The molecule has 2 rings (SSSR count). The predicted octanol–water partition coefficient (Wildman–Crippen LogP) is 6.26. The molecule has 0 aromatic heterocycles. The van der Waals surface area contributed by atoms with E-state index in [2.05, 4.69) is 52.1 Å². The second kappa shape index (κ2) is 23.8. The Morgan fingerprint density at radius 1 is 1.04 bits per heavy atom. The molecular formula is C17H23I2NO5SVW. The summed E-state index contributed by atoms with van der Waals surface area (Å²) >= 11 is 4.74. The van der Waals surface area contributed by atoms with Gasteiger partial charge in [0.2, 0.25) is 10.1 Å². The fraction of sp³-hybridized carbons (Fsp3) is 0.294. The summed E-state index contributed by atoms with van der Waals surface area (Å²) < 4.78 is 29.8. The third-order valence-electron chi connectivity index (χ3n) is 2.22. The van der Waals surface area contributed by atoms with Gasteiger partial charge in [0, 0.05) is 4.92 Å². The van der Waals surface area contributed by atoms with Gasteiger partial charge in [-0.05, 0) is 4.90 Å². The van der Waals surface area contributed by atoms with Gasteiger partial charge >= 0.3 is 70.5 Å². The minimum Gasteiger partial charge on any atom is 2.00 e. The summed E-state index contributed by atoms with van der Waals surface area (Å²) in [6.07, 6.45) is 0. The molecule has 0 aliphatic carbocycles. The SMILES string of the molecule is CC.CC.Cc1cc[c-]cc1S(=O)(=O)O.O=[N+]([O-])c1cc[c-]cc1.[I][V][I].[W+2]. The van der Waals surface area contributed by atoms with Crippen molar-refractivity contribution in [2.45, 2.75) is 39.5 Å². The Balaban J connectivity index is -0.000000153. The maximum absolute atomic E-state index is 10.6. The van der Waals surface area contributed by atoms with Crippen molar-refractivity contribution in [1.29, 1.82) is 0 Å². The van der Waals surface area contributed by atoms with Gasteiger partial charge in [0.1, 0.15) is 0 Å². The van der Waals surface area contributed by atoms with Crippen LogP contribution in [0.25, 0.3) is 0 Å². The fourth-order valence-corrected chi connectivity index (χ4v) is 1.96.